The summed E-state index contributed by atoms with van der Waals surface area (Å²) >= 11 is 0. The molecule has 2 aliphatic heterocycles. The number of anilines is 2. The number of carbonyl (C=O) groups excluding carboxylic acids is 4. The van der Waals surface area contributed by atoms with Crippen LogP contribution in [0.2, 0.25) is 0 Å². The number of nitrogens with one attached hydrogen (secondary N) is 2. The molecule has 37 heavy (non-hydrogen) atoms. The van der Waals surface area contributed by atoms with Crippen LogP contribution in [-0.4, -0.2) is 64.1 Å². The molecule has 3 heterocycles. The number of pyridine rings is 1. The fourth-order valence-electron chi connectivity index (χ4n) is 5.12. The van der Waals surface area contributed by atoms with E-state index in [-0.39, 0.29) is 24.8 Å². The van der Waals surface area contributed by atoms with Crippen molar-refractivity contribution in [3.05, 3.63) is 54.4 Å². The third kappa shape index (κ3) is 5.03. The van der Waals surface area contributed by atoms with E-state index in [1.807, 2.05) is 32.0 Å². The van der Waals surface area contributed by atoms with Gasteiger partial charge in [-0.1, -0.05) is 32.0 Å². The minimum Gasteiger partial charge on any atom is -0.333 e. The van der Waals surface area contributed by atoms with Crippen LogP contribution in [0.1, 0.15) is 38.7 Å². The largest absolute Gasteiger partial charge is 0.333 e. The lowest BCUT2D eigenvalue weighted by atomic mass is 9.80. The van der Waals surface area contributed by atoms with E-state index in [0.717, 1.165) is 5.56 Å². The summed E-state index contributed by atoms with van der Waals surface area (Å²) in [4.78, 5) is 59.1. The second kappa shape index (κ2) is 10.4. The van der Waals surface area contributed by atoms with Crippen LogP contribution >= 0.6 is 0 Å². The summed E-state index contributed by atoms with van der Waals surface area (Å²) in [6, 6.07) is 11.0. The summed E-state index contributed by atoms with van der Waals surface area (Å²) in [5, 5.41) is 15.4. The molecule has 10 heteroatoms. The zero-order valence-electron chi connectivity index (χ0n) is 21.1. The Balaban J connectivity index is 1.54. The molecule has 0 bridgehead atoms. The number of nitriles is 1. The molecular weight excluding hydrogens is 472 g/mol. The number of hydrogen-bond donors (Lipinski definition) is 2. The summed E-state index contributed by atoms with van der Waals surface area (Å²) in [5.74, 6) is -1.60. The van der Waals surface area contributed by atoms with E-state index in [1.54, 1.807) is 18.2 Å². The second-order valence-corrected chi connectivity index (χ2v) is 10.0. The number of aromatic nitrogens is 1. The van der Waals surface area contributed by atoms with Crippen LogP contribution in [0.5, 0.6) is 0 Å². The van der Waals surface area contributed by atoms with Crippen LogP contribution in [-0.2, 0) is 24.6 Å². The maximum Gasteiger partial charge on any atom is 0.246 e. The summed E-state index contributed by atoms with van der Waals surface area (Å²) in [5.41, 5.74) is 0.958. The number of carbonyl (C=O) groups is 4. The third-order valence-corrected chi connectivity index (χ3v) is 7.03. The first-order valence-corrected chi connectivity index (χ1v) is 12.2. The molecule has 4 amide bonds. The summed E-state index contributed by atoms with van der Waals surface area (Å²) in [6.07, 6.45) is 3.13. The lowest BCUT2D eigenvalue weighted by molar-refractivity contribution is -0.146. The SMILES string of the molecule is CC(C)C[C@@H](C(=O)N1C[C@]2(C[C@H]1C#N)C(=O)Nc1ccccc12)N(C)C(=O)CC(=O)Nc1ccncc1. The van der Waals surface area contributed by atoms with Gasteiger partial charge in [0.25, 0.3) is 0 Å². The second-order valence-electron chi connectivity index (χ2n) is 10.0. The molecule has 1 spiro atoms. The van der Waals surface area contributed by atoms with Crippen LogP contribution in [0, 0.1) is 17.2 Å². The zero-order valence-corrected chi connectivity index (χ0v) is 21.1. The highest BCUT2D eigenvalue weighted by Gasteiger charge is 2.56. The lowest BCUT2D eigenvalue weighted by Crippen LogP contribution is -2.52. The van der Waals surface area contributed by atoms with Gasteiger partial charge in [-0.3, -0.25) is 24.2 Å². The number of likely N-dealkylation sites (tertiary alicyclic amines) is 1. The summed E-state index contributed by atoms with van der Waals surface area (Å²) < 4.78 is 0. The number of fused-ring (bicyclic) bond motifs is 2. The molecule has 0 aliphatic carbocycles. The van der Waals surface area contributed by atoms with Gasteiger partial charge in [-0.2, -0.15) is 5.26 Å². The van der Waals surface area contributed by atoms with Crippen LogP contribution in [0.25, 0.3) is 0 Å². The summed E-state index contributed by atoms with van der Waals surface area (Å²) in [7, 11) is 1.50. The molecule has 1 aromatic heterocycles. The van der Waals surface area contributed by atoms with Gasteiger partial charge in [0.05, 0.1) is 11.5 Å². The normalized spacial score (nSPS) is 20.8. The van der Waals surface area contributed by atoms with Crippen molar-refractivity contribution in [2.24, 2.45) is 5.92 Å². The first-order chi connectivity index (χ1) is 17.7. The van der Waals surface area contributed by atoms with Crippen LogP contribution < -0.4 is 10.6 Å². The average molecular weight is 503 g/mol. The molecule has 2 aromatic rings. The predicted octanol–water partition coefficient (Wildman–Crippen LogP) is 2.30. The van der Waals surface area contributed by atoms with Crippen molar-refractivity contribution in [3.63, 3.8) is 0 Å². The van der Waals surface area contributed by atoms with E-state index in [2.05, 4.69) is 21.7 Å². The lowest BCUT2D eigenvalue weighted by Gasteiger charge is -2.33. The van der Waals surface area contributed by atoms with E-state index in [4.69, 9.17) is 0 Å². The maximum atomic E-state index is 13.9. The fraction of sp³-hybridized carbons (Fsp3) is 0.407. The molecule has 0 saturated carbocycles. The van der Waals surface area contributed by atoms with E-state index in [0.29, 0.717) is 17.8 Å². The van der Waals surface area contributed by atoms with Gasteiger partial charge in [-0.25, -0.2) is 0 Å². The Labute approximate surface area is 215 Å². The smallest absolute Gasteiger partial charge is 0.246 e. The van der Waals surface area contributed by atoms with Gasteiger partial charge >= 0.3 is 0 Å². The molecule has 0 unspecified atom stereocenters. The number of benzene rings is 1. The highest BCUT2D eigenvalue weighted by molar-refractivity contribution is 6.08. The van der Waals surface area contributed by atoms with Crippen molar-refractivity contribution in [1.29, 1.82) is 5.26 Å². The average Bonchev–Trinajstić information content (AvgIpc) is 3.40. The van der Waals surface area contributed by atoms with Crippen molar-refractivity contribution in [2.75, 3.05) is 24.2 Å². The quantitative estimate of drug-likeness (QED) is 0.558. The molecule has 10 nitrogen and oxygen atoms in total. The zero-order chi connectivity index (χ0) is 26.7. The Kier molecular flexibility index (Phi) is 7.25. The standard InChI is InChI=1S/C27H30N6O4/c1-17(2)12-22(32(3)24(35)13-23(34)30-18-8-10-29-11-9-18)25(36)33-16-27(14-19(33)15-28)20-6-4-5-7-21(20)31-26(27)37/h4-11,17,19,22H,12-14,16H2,1-3H3,(H,31,37)(H,29,30,34)/t19-,22-,27-/m0/s1. The van der Waals surface area contributed by atoms with E-state index < -0.39 is 41.6 Å². The van der Waals surface area contributed by atoms with Crippen molar-refractivity contribution >= 4 is 35.0 Å². The number of hydrogen-bond acceptors (Lipinski definition) is 6. The van der Waals surface area contributed by atoms with Crippen LogP contribution in [0.15, 0.2) is 48.8 Å². The fourth-order valence-corrected chi connectivity index (χ4v) is 5.12. The molecule has 1 aromatic carbocycles. The Morgan fingerprint density at radius 1 is 1.24 bits per heavy atom. The van der Waals surface area contributed by atoms with Gasteiger partial charge in [-0.15, -0.1) is 0 Å². The van der Waals surface area contributed by atoms with Gasteiger partial charge in [0.2, 0.25) is 23.6 Å². The molecule has 4 rings (SSSR count). The monoisotopic (exact) mass is 502 g/mol. The van der Waals surface area contributed by atoms with Gasteiger partial charge in [0, 0.05) is 43.8 Å². The molecule has 2 aliphatic rings. The first-order valence-electron chi connectivity index (χ1n) is 12.2. The van der Waals surface area contributed by atoms with Crippen molar-refractivity contribution in [2.45, 2.75) is 50.6 Å². The third-order valence-electron chi connectivity index (χ3n) is 7.03. The van der Waals surface area contributed by atoms with Gasteiger partial charge in [0.15, 0.2) is 0 Å². The number of nitrogens with zero attached hydrogens (tertiary/aromatic N) is 4. The summed E-state index contributed by atoms with van der Waals surface area (Å²) in [6.45, 7) is 3.91. The number of likely N-dealkylation sites (N-methyl/N-ethyl adjacent to an activating group) is 1. The van der Waals surface area contributed by atoms with E-state index >= 15 is 0 Å². The highest BCUT2D eigenvalue weighted by atomic mass is 16.2. The Hall–Kier alpha value is -4.26. The van der Waals surface area contributed by atoms with Crippen molar-refractivity contribution < 1.29 is 19.2 Å². The van der Waals surface area contributed by atoms with Crippen molar-refractivity contribution in [3.8, 4) is 6.07 Å². The molecule has 1 fully saturated rings. The van der Waals surface area contributed by atoms with Crippen LogP contribution in [0.4, 0.5) is 11.4 Å². The van der Waals surface area contributed by atoms with Gasteiger partial charge in [-0.05, 0) is 36.1 Å². The van der Waals surface area contributed by atoms with Crippen molar-refractivity contribution in [1.82, 2.24) is 14.8 Å². The van der Waals surface area contributed by atoms with E-state index in [1.165, 1.54) is 29.2 Å². The van der Waals surface area contributed by atoms with Gasteiger partial charge < -0.3 is 20.4 Å². The Bertz CT molecular complexity index is 1260. The maximum absolute atomic E-state index is 13.9. The molecule has 1 saturated heterocycles. The first kappa shape index (κ1) is 25.8. The highest BCUT2D eigenvalue weighted by Crippen LogP contribution is 2.46. The van der Waals surface area contributed by atoms with E-state index in [9.17, 15) is 24.4 Å². The molecular formula is C27H30N6O4. The predicted molar refractivity (Wildman–Crippen MR) is 136 cm³/mol. The number of amides is 4. The Morgan fingerprint density at radius 3 is 2.62 bits per heavy atom. The topological polar surface area (TPSA) is 136 Å². The minimum atomic E-state index is -1.01. The minimum absolute atomic E-state index is 0.0477. The molecule has 192 valence electrons. The number of rotatable bonds is 7. The molecule has 2 N–H and O–H groups in total. The number of para-hydroxylation sites is 1. The Morgan fingerprint density at radius 2 is 1.95 bits per heavy atom. The molecule has 3 atom stereocenters. The van der Waals surface area contributed by atoms with Gasteiger partial charge in [0.1, 0.15) is 18.5 Å². The van der Waals surface area contributed by atoms with Crippen LogP contribution in [0.3, 0.4) is 0 Å². The molecule has 0 radical (unpaired) electrons.